The van der Waals surface area contributed by atoms with Crippen LogP contribution in [0.15, 0.2) is 64.9 Å². The van der Waals surface area contributed by atoms with Crippen LogP contribution in [0.5, 0.6) is 0 Å². The number of esters is 1. The van der Waals surface area contributed by atoms with Gasteiger partial charge < -0.3 is 19.6 Å². The molecular weight excluding hydrogens is 554 g/mol. The van der Waals surface area contributed by atoms with E-state index < -0.39 is 28.5 Å². The van der Waals surface area contributed by atoms with Crippen molar-refractivity contribution in [1.82, 2.24) is 9.97 Å². The normalized spacial score (nSPS) is 35.2. The maximum Gasteiger partial charge on any atom is 0.375 e. The maximum atomic E-state index is 14.4. The Morgan fingerprint density at radius 3 is 2.88 bits per heavy atom. The van der Waals surface area contributed by atoms with Gasteiger partial charge in [0.15, 0.2) is 22.3 Å². The molecule has 4 aliphatic carbocycles. The van der Waals surface area contributed by atoms with Crippen LogP contribution in [0.25, 0.3) is 10.3 Å². The number of aliphatic hydroxyl groups excluding tert-OH is 1. The van der Waals surface area contributed by atoms with Crippen molar-refractivity contribution in [3.63, 3.8) is 0 Å². The minimum Gasteiger partial charge on any atom is -0.457 e. The Kier molecular flexibility index (Phi) is 6.29. The molecule has 0 amide bonds. The topological polar surface area (TPSA) is 132 Å². The molecule has 3 saturated carbocycles. The highest BCUT2D eigenvalue weighted by Gasteiger charge is 2.70. The molecule has 0 spiro atoms. The molecule has 2 N–H and O–H groups in total. The second-order valence-electron chi connectivity index (χ2n) is 12.6. The maximum absolute atomic E-state index is 14.4. The van der Waals surface area contributed by atoms with Crippen LogP contribution < -0.4 is 5.32 Å². The summed E-state index contributed by atoms with van der Waals surface area (Å²) < 4.78 is 11.6. The number of hydrogen-bond acceptors (Lipinski definition) is 10. The van der Waals surface area contributed by atoms with E-state index in [2.05, 4.69) is 22.2 Å². The lowest BCUT2D eigenvalue weighted by Gasteiger charge is -2.59. The number of Topliss-reactive ketones (excluding diaryl/α,β-unsaturated/α-hetero) is 1. The molecule has 6 unspecified atom stereocenters. The number of carbonyl (C=O) groups is 3. The number of nitrogens with one attached hydrogen (secondary N) is 1. The highest BCUT2D eigenvalue weighted by Crippen LogP contribution is 2.68. The first-order valence-electron chi connectivity index (χ1n) is 14.5. The number of rotatable bonds is 6. The molecular formula is C32H33N3O6S. The van der Waals surface area contributed by atoms with Crippen LogP contribution >= 0.6 is 11.3 Å². The van der Waals surface area contributed by atoms with E-state index in [0.29, 0.717) is 24.4 Å². The summed E-state index contributed by atoms with van der Waals surface area (Å²) in [4.78, 5) is 49.6. The number of aromatic nitrogens is 2. The number of aliphatic hydroxyl groups is 1. The molecule has 0 aliphatic heterocycles. The van der Waals surface area contributed by atoms with Crippen molar-refractivity contribution in [1.29, 1.82) is 0 Å². The summed E-state index contributed by atoms with van der Waals surface area (Å²) in [6.45, 7) is 4.03. The second kappa shape index (κ2) is 9.70. The smallest absolute Gasteiger partial charge is 0.375 e. The average molecular weight is 588 g/mol. The summed E-state index contributed by atoms with van der Waals surface area (Å²) >= 11 is 1.36. The number of fused-ring (bicyclic) bond motifs is 6. The molecule has 3 fully saturated rings. The van der Waals surface area contributed by atoms with E-state index in [1.54, 1.807) is 24.4 Å². The van der Waals surface area contributed by atoms with Gasteiger partial charge in [0.25, 0.3) is 0 Å². The van der Waals surface area contributed by atoms with Gasteiger partial charge in [-0.05, 0) is 80.4 Å². The first-order valence-corrected chi connectivity index (χ1v) is 15.3. The van der Waals surface area contributed by atoms with E-state index in [-0.39, 0.29) is 41.6 Å². The third kappa shape index (κ3) is 3.95. The summed E-state index contributed by atoms with van der Waals surface area (Å²) in [6, 6.07) is 6.81. The third-order valence-corrected chi connectivity index (χ3v) is 11.6. The fraction of sp³-hybridized carbons (Fsp3) is 0.469. The predicted octanol–water partition coefficient (Wildman–Crippen LogP) is 5.14. The SMILES string of the molecule is CC12C=CC(=O)C=C1CCC1C2C(O)CC2(C)C1CC[C@]2(OC(=O)c1ccco1)C(=O)CNc1nc2cccnc2s1. The zero-order valence-electron chi connectivity index (χ0n) is 23.5. The summed E-state index contributed by atoms with van der Waals surface area (Å²) in [5.41, 5.74) is -0.901. The largest absolute Gasteiger partial charge is 0.457 e. The Morgan fingerprint density at radius 2 is 2.10 bits per heavy atom. The van der Waals surface area contributed by atoms with Gasteiger partial charge in [0.2, 0.25) is 5.76 Å². The molecule has 0 saturated heterocycles. The molecule has 3 aromatic heterocycles. The molecule has 0 aromatic carbocycles. The zero-order chi connectivity index (χ0) is 29.3. The number of furan rings is 1. The van der Waals surface area contributed by atoms with Crippen LogP contribution in [0.3, 0.4) is 0 Å². The van der Waals surface area contributed by atoms with Gasteiger partial charge in [-0.2, -0.15) is 0 Å². The standard InChI is InChI=1S/C32H33N3O6S/c1-30-11-9-19(36)15-18(30)7-8-20-21-10-12-32(31(21,2)16-23(37)26(20)30,41-28(39)24-6-4-14-40-24)25(38)17-34-29-35-22-5-3-13-33-27(22)42-29/h3-6,9,11,13-15,20-21,23,26,37H,7-8,10,12,16-17H2,1-2H3,(H,34,35)/t20?,21?,23?,26?,30?,31?,32-/m0/s1. The Morgan fingerprint density at radius 1 is 1.24 bits per heavy atom. The predicted molar refractivity (Wildman–Crippen MR) is 156 cm³/mol. The van der Waals surface area contributed by atoms with E-state index in [9.17, 15) is 19.5 Å². The summed E-state index contributed by atoms with van der Waals surface area (Å²) in [5, 5.41) is 15.6. The second-order valence-corrected chi connectivity index (χ2v) is 13.5. The molecule has 4 aliphatic rings. The van der Waals surface area contributed by atoms with Gasteiger partial charge in [-0.25, -0.2) is 14.8 Å². The lowest BCUT2D eigenvalue weighted by Crippen LogP contribution is -2.63. The van der Waals surface area contributed by atoms with Gasteiger partial charge in [-0.3, -0.25) is 9.59 Å². The van der Waals surface area contributed by atoms with Crippen molar-refractivity contribution < 1.29 is 28.6 Å². The molecule has 0 bridgehead atoms. The molecule has 0 radical (unpaired) electrons. The Hall–Kier alpha value is -3.63. The summed E-state index contributed by atoms with van der Waals surface area (Å²) in [6.07, 6.45) is 10.6. The molecule has 3 aromatic rings. The molecule has 218 valence electrons. The van der Waals surface area contributed by atoms with Crippen molar-refractivity contribution in [3.05, 3.63) is 66.3 Å². The van der Waals surface area contributed by atoms with E-state index >= 15 is 0 Å². The van der Waals surface area contributed by atoms with Crippen LogP contribution in [0.4, 0.5) is 5.13 Å². The van der Waals surface area contributed by atoms with Crippen molar-refractivity contribution >= 4 is 44.4 Å². The zero-order valence-corrected chi connectivity index (χ0v) is 24.4. The number of allylic oxidation sites excluding steroid dienone is 4. The Labute approximate surface area is 247 Å². The molecule has 9 nitrogen and oxygen atoms in total. The minimum absolute atomic E-state index is 0.0113. The highest BCUT2D eigenvalue weighted by atomic mass is 32.1. The van der Waals surface area contributed by atoms with E-state index in [1.807, 2.05) is 25.1 Å². The molecule has 7 rings (SSSR count). The Bertz CT molecular complexity index is 1610. The van der Waals surface area contributed by atoms with Gasteiger partial charge in [0, 0.05) is 22.9 Å². The molecule has 3 heterocycles. The number of pyridine rings is 1. The van der Waals surface area contributed by atoms with Gasteiger partial charge in [-0.1, -0.05) is 36.8 Å². The molecule has 7 atom stereocenters. The van der Waals surface area contributed by atoms with E-state index in [4.69, 9.17) is 9.15 Å². The van der Waals surface area contributed by atoms with Gasteiger partial charge in [0.1, 0.15) is 10.3 Å². The third-order valence-electron chi connectivity index (χ3n) is 10.6. The number of nitrogens with zero attached hydrogens (tertiary/aromatic N) is 2. The monoisotopic (exact) mass is 587 g/mol. The van der Waals surface area contributed by atoms with Crippen LogP contribution in [-0.2, 0) is 14.3 Å². The quantitative estimate of drug-likeness (QED) is 0.376. The van der Waals surface area contributed by atoms with Crippen molar-refractivity contribution in [3.8, 4) is 0 Å². The number of ether oxygens (including phenoxy) is 1. The number of ketones is 2. The van der Waals surface area contributed by atoms with Crippen LogP contribution in [0, 0.1) is 28.6 Å². The fourth-order valence-electron chi connectivity index (χ4n) is 8.74. The van der Waals surface area contributed by atoms with Gasteiger partial charge in [0.05, 0.1) is 18.9 Å². The number of hydrogen-bond donors (Lipinski definition) is 2. The van der Waals surface area contributed by atoms with Crippen molar-refractivity contribution in [2.75, 3.05) is 11.9 Å². The fourth-order valence-corrected chi connectivity index (χ4v) is 9.55. The lowest BCUT2D eigenvalue weighted by molar-refractivity contribution is -0.177. The number of anilines is 1. The van der Waals surface area contributed by atoms with Crippen LogP contribution in [0.1, 0.15) is 56.5 Å². The minimum atomic E-state index is -1.47. The summed E-state index contributed by atoms with van der Waals surface area (Å²) in [5.74, 6) is -0.885. The van der Waals surface area contributed by atoms with Crippen molar-refractivity contribution in [2.24, 2.45) is 28.6 Å². The number of carbonyl (C=O) groups excluding carboxylic acids is 3. The van der Waals surface area contributed by atoms with Gasteiger partial charge in [-0.15, -0.1) is 0 Å². The van der Waals surface area contributed by atoms with Gasteiger partial charge >= 0.3 is 5.97 Å². The van der Waals surface area contributed by atoms with Crippen molar-refractivity contribution in [2.45, 2.75) is 57.7 Å². The highest BCUT2D eigenvalue weighted by molar-refractivity contribution is 7.21. The van der Waals surface area contributed by atoms with E-state index in [1.165, 1.54) is 23.7 Å². The Balaban J connectivity index is 1.23. The average Bonchev–Trinajstić information content (AvgIpc) is 3.70. The first-order chi connectivity index (χ1) is 20.1. The first kappa shape index (κ1) is 27.2. The van der Waals surface area contributed by atoms with Crippen LogP contribution in [-0.4, -0.2) is 50.9 Å². The lowest BCUT2D eigenvalue weighted by atomic mass is 9.46. The van der Waals surface area contributed by atoms with Crippen LogP contribution in [0.2, 0.25) is 0 Å². The molecule has 42 heavy (non-hydrogen) atoms. The van der Waals surface area contributed by atoms with E-state index in [0.717, 1.165) is 28.8 Å². The molecule has 10 heteroatoms. The summed E-state index contributed by atoms with van der Waals surface area (Å²) in [7, 11) is 0. The number of thiazole rings is 1.